The molecule has 1 aromatic rings. The van der Waals surface area contributed by atoms with Crippen LogP contribution in [0.3, 0.4) is 0 Å². The molecule has 1 unspecified atom stereocenters. The van der Waals surface area contributed by atoms with Gasteiger partial charge < -0.3 is 14.8 Å². The molecule has 3 aliphatic rings. The molecule has 1 atom stereocenters. The highest BCUT2D eigenvalue weighted by atomic mass is 127. The van der Waals surface area contributed by atoms with E-state index in [1.165, 1.54) is 31.5 Å². The Balaban J connectivity index is 0.00000225. The zero-order chi connectivity index (χ0) is 18.5. The van der Waals surface area contributed by atoms with Crippen LogP contribution in [0.5, 0.6) is 0 Å². The first kappa shape index (κ1) is 21.5. The van der Waals surface area contributed by atoms with Crippen LogP contribution in [0.15, 0.2) is 17.1 Å². The molecule has 0 aromatic carbocycles. The van der Waals surface area contributed by atoms with Crippen molar-refractivity contribution in [3.05, 3.63) is 23.8 Å². The highest BCUT2D eigenvalue weighted by molar-refractivity contribution is 14.0. The number of hydrogen-bond acceptors (Lipinski definition) is 4. The van der Waals surface area contributed by atoms with Gasteiger partial charge >= 0.3 is 0 Å². The summed E-state index contributed by atoms with van der Waals surface area (Å²) < 4.78 is 2.36. The molecule has 0 saturated carbocycles. The van der Waals surface area contributed by atoms with Crippen molar-refractivity contribution in [2.45, 2.75) is 57.5 Å². The summed E-state index contributed by atoms with van der Waals surface area (Å²) in [5.41, 5.74) is 0. The van der Waals surface area contributed by atoms with Crippen molar-refractivity contribution in [1.82, 2.24) is 29.9 Å². The third-order valence-electron chi connectivity index (χ3n) is 6.08. The molecule has 0 bridgehead atoms. The Labute approximate surface area is 185 Å². The van der Waals surface area contributed by atoms with Crippen molar-refractivity contribution < 1.29 is 0 Å². The molecule has 8 heteroatoms. The van der Waals surface area contributed by atoms with Gasteiger partial charge in [0.2, 0.25) is 0 Å². The maximum absolute atomic E-state index is 4.51. The molecule has 4 heterocycles. The zero-order valence-corrected chi connectivity index (χ0v) is 19.3. The number of halogens is 1. The molecule has 1 saturated heterocycles. The second-order valence-corrected chi connectivity index (χ2v) is 7.89. The molecule has 1 N–H and O–H groups in total. The topological polar surface area (TPSA) is 61.6 Å². The molecule has 1 aromatic heterocycles. The maximum Gasteiger partial charge on any atom is 0.193 e. The van der Waals surface area contributed by atoms with Gasteiger partial charge in [-0.1, -0.05) is 18.6 Å². The quantitative estimate of drug-likeness (QED) is 0.221. The highest BCUT2D eigenvalue weighted by Crippen LogP contribution is 2.18. The Morgan fingerprint density at radius 3 is 2.86 bits per heavy atom. The van der Waals surface area contributed by atoms with E-state index in [-0.39, 0.29) is 24.0 Å². The fourth-order valence-corrected chi connectivity index (χ4v) is 4.53. The lowest BCUT2D eigenvalue weighted by molar-refractivity contribution is 0.259. The monoisotopic (exact) mass is 499 g/mol. The van der Waals surface area contributed by atoms with Crippen LogP contribution in [-0.4, -0.2) is 76.3 Å². The van der Waals surface area contributed by atoms with Crippen LogP contribution >= 0.6 is 24.0 Å². The number of hydrogen-bond donors (Lipinski definition) is 1. The van der Waals surface area contributed by atoms with Crippen LogP contribution in [-0.2, 0) is 19.4 Å². The van der Waals surface area contributed by atoms with E-state index in [1.807, 2.05) is 7.05 Å². The Kier molecular flexibility index (Phi) is 8.13. The Morgan fingerprint density at radius 1 is 1.18 bits per heavy atom. The largest absolute Gasteiger partial charge is 0.356 e. The molecular weight excluding hydrogens is 465 g/mol. The smallest absolute Gasteiger partial charge is 0.193 e. The number of aliphatic imine (C=N–C) groups is 1. The average molecular weight is 499 g/mol. The first-order valence-electron chi connectivity index (χ1n) is 10.6. The molecular formula is C20H34IN7. The summed E-state index contributed by atoms with van der Waals surface area (Å²) in [6.07, 6.45) is 12.7. The van der Waals surface area contributed by atoms with Gasteiger partial charge in [0.15, 0.2) is 5.96 Å². The van der Waals surface area contributed by atoms with Gasteiger partial charge in [-0.05, 0) is 25.7 Å². The number of fused-ring (bicyclic) bond motifs is 1. The van der Waals surface area contributed by atoms with Crippen molar-refractivity contribution in [1.29, 1.82) is 0 Å². The second kappa shape index (κ2) is 10.6. The molecule has 7 nitrogen and oxygen atoms in total. The molecule has 28 heavy (non-hydrogen) atoms. The molecule has 0 aliphatic carbocycles. The Bertz CT molecular complexity index is 676. The van der Waals surface area contributed by atoms with Gasteiger partial charge in [0.25, 0.3) is 0 Å². The second-order valence-electron chi connectivity index (χ2n) is 7.89. The molecule has 0 spiro atoms. The number of rotatable bonds is 5. The van der Waals surface area contributed by atoms with E-state index < -0.39 is 0 Å². The number of nitrogens with zero attached hydrogens (tertiary/aromatic N) is 6. The van der Waals surface area contributed by atoms with Crippen LogP contribution in [0.2, 0.25) is 0 Å². The Hall–Kier alpha value is -1.16. The van der Waals surface area contributed by atoms with Crippen molar-refractivity contribution in [3.8, 4) is 0 Å². The number of nitrogens with one attached hydrogen (secondary N) is 1. The number of likely N-dealkylation sites (tertiary alicyclic amines) is 1. The fourth-order valence-electron chi connectivity index (χ4n) is 4.53. The van der Waals surface area contributed by atoms with Gasteiger partial charge in [0.1, 0.15) is 11.6 Å². The number of aryl methyl sites for hydroxylation is 2. The van der Waals surface area contributed by atoms with Crippen LogP contribution in [0, 0.1) is 0 Å². The SMILES string of the molecule is CN=C(NCCCc1nnc2n1CCCCC2)N1CCC(N2CC=CC2)C1.I. The summed E-state index contributed by atoms with van der Waals surface area (Å²) in [5, 5.41) is 12.4. The highest BCUT2D eigenvalue weighted by Gasteiger charge is 2.29. The predicted octanol–water partition coefficient (Wildman–Crippen LogP) is 2.08. The summed E-state index contributed by atoms with van der Waals surface area (Å²) in [5.74, 6) is 3.39. The fraction of sp³-hybridized carbons (Fsp3) is 0.750. The summed E-state index contributed by atoms with van der Waals surface area (Å²) in [4.78, 5) is 9.48. The van der Waals surface area contributed by atoms with Crippen molar-refractivity contribution in [2.75, 3.05) is 39.8 Å². The van der Waals surface area contributed by atoms with Crippen molar-refractivity contribution in [3.63, 3.8) is 0 Å². The number of guanidine groups is 1. The van der Waals surface area contributed by atoms with Gasteiger partial charge in [-0.15, -0.1) is 34.2 Å². The molecule has 0 amide bonds. The van der Waals surface area contributed by atoms with Crippen molar-refractivity contribution >= 4 is 29.9 Å². The minimum Gasteiger partial charge on any atom is -0.356 e. The van der Waals surface area contributed by atoms with Gasteiger partial charge in [-0.25, -0.2) is 0 Å². The van der Waals surface area contributed by atoms with E-state index in [9.17, 15) is 0 Å². The van der Waals surface area contributed by atoms with Gasteiger partial charge in [0.05, 0.1) is 0 Å². The third-order valence-corrected chi connectivity index (χ3v) is 6.08. The van der Waals surface area contributed by atoms with E-state index in [4.69, 9.17) is 0 Å². The van der Waals surface area contributed by atoms with Crippen LogP contribution < -0.4 is 5.32 Å². The minimum absolute atomic E-state index is 0. The summed E-state index contributed by atoms with van der Waals surface area (Å²) in [6, 6.07) is 0.657. The van der Waals surface area contributed by atoms with E-state index in [2.05, 4.69) is 47.0 Å². The lowest BCUT2D eigenvalue weighted by Gasteiger charge is -2.25. The first-order valence-corrected chi connectivity index (χ1v) is 10.6. The lowest BCUT2D eigenvalue weighted by atomic mass is 10.2. The van der Waals surface area contributed by atoms with Gasteiger partial charge in [-0.3, -0.25) is 9.89 Å². The molecule has 4 rings (SSSR count). The van der Waals surface area contributed by atoms with Crippen LogP contribution in [0.25, 0.3) is 0 Å². The third kappa shape index (κ3) is 5.06. The molecule has 3 aliphatic heterocycles. The molecule has 1 fully saturated rings. The Morgan fingerprint density at radius 2 is 2.04 bits per heavy atom. The van der Waals surface area contributed by atoms with E-state index in [0.717, 1.165) is 70.3 Å². The van der Waals surface area contributed by atoms with Crippen molar-refractivity contribution in [2.24, 2.45) is 4.99 Å². The molecule has 156 valence electrons. The summed E-state index contributed by atoms with van der Waals surface area (Å²) in [7, 11) is 1.89. The number of aromatic nitrogens is 3. The van der Waals surface area contributed by atoms with Crippen LogP contribution in [0.4, 0.5) is 0 Å². The summed E-state index contributed by atoms with van der Waals surface area (Å²) >= 11 is 0. The summed E-state index contributed by atoms with van der Waals surface area (Å²) in [6.45, 7) is 6.41. The maximum atomic E-state index is 4.51. The molecule has 0 radical (unpaired) electrons. The first-order chi connectivity index (χ1) is 13.3. The van der Waals surface area contributed by atoms with E-state index in [1.54, 1.807) is 0 Å². The van der Waals surface area contributed by atoms with Gasteiger partial charge in [-0.2, -0.15) is 0 Å². The lowest BCUT2D eigenvalue weighted by Crippen LogP contribution is -2.43. The van der Waals surface area contributed by atoms with Crippen LogP contribution in [0.1, 0.15) is 43.8 Å². The standard InChI is InChI=1S/C20H33N7.HI/c1-21-20(26-15-10-17(16-26)25-12-5-6-13-25)22-11-7-9-19-24-23-18-8-3-2-4-14-27(18)19;/h5-6,17H,2-4,7-16H2,1H3,(H,21,22);1H. The van der Waals surface area contributed by atoms with E-state index in [0.29, 0.717) is 6.04 Å². The zero-order valence-electron chi connectivity index (χ0n) is 17.0. The van der Waals surface area contributed by atoms with E-state index >= 15 is 0 Å². The predicted molar refractivity (Wildman–Crippen MR) is 123 cm³/mol. The normalized spacial score (nSPS) is 22.8. The minimum atomic E-state index is 0. The van der Waals surface area contributed by atoms with Gasteiger partial charge in [0, 0.05) is 65.2 Å². The average Bonchev–Trinajstić information content (AvgIpc) is 3.41.